The van der Waals surface area contributed by atoms with Crippen LogP contribution in [0.1, 0.15) is 66.0 Å². The largest absolute Gasteiger partial charge is 0.433 e. The van der Waals surface area contributed by atoms with Crippen LogP contribution in [0.4, 0.5) is 13.2 Å². The Morgan fingerprint density at radius 3 is 1.97 bits per heavy atom. The molecule has 0 N–H and O–H groups in total. The Bertz CT molecular complexity index is 1030. The second kappa shape index (κ2) is 9.67. The van der Waals surface area contributed by atoms with Crippen LogP contribution in [0, 0.1) is 6.92 Å². The van der Waals surface area contributed by atoms with Crippen molar-refractivity contribution in [2.75, 3.05) is 13.2 Å². The fourth-order valence-corrected chi connectivity index (χ4v) is 3.88. The molecule has 0 saturated heterocycles. The highest BCUT2D eigenvalue weighted by Crippen LogP contribution is 2.30. The van der Waals surface area contributed by atoms with E-state index in [9.17, 15) is 13.2 Å². The van der Waals surface area contributed by atoms with E-state index in [1.54, 1.807) is 0 Å². The predicted molar refractivity (Wildman–Crippen MR) is 114 cm³/mol. The van der Waals surface area contributed by atoms with E-state index < -0.39 is 11.9 Å². The van der Waals surface area contributed by atoms with Crippen LogP contribution in [-0.4, -0.2) is 34.6 Å². The van der Waals surface area contributed by atoms with Gasteiger partial charge in [-0.25, -0.2) is 4.98 Å². The summed E-state index contributed by atoms with van der Waals surface area (Å²) in [6, 6.07) is 6.59. The van der Waals surface area contributed by atoms with E-state index in [1.807, 2.05) is 13.0 Å². The molecule has 0 spiro atoms. The zero-order chi connectivity index (χ0) is 22.6. The number of nitrogens with zero attached hydrogens (tertiary/aromatic N) is 4. The van der Waals surface area contributed by atoms with E-state index in [4.69, 9.17) is 9.68 Å². The zero-order valence-corrected chi connectivity index (χ0v) is 17.9. The number of oxime groups is 2. The van der Waals surface area contributed by atoms with Crippen LogP contribution in [0.5, 0.6) is 0 Å². The second-order valence-corrected chi connectivity index (χ2v) is 7.97. The third-order valence-electron chi connectivity index (χ3n) is 5.47. The number of halogens is 3. The summed E-state index contributed by atoms with van der Waals surface area (Å²) in [6.07, 6.45) is 0.944. The summed E-state index contributed by atoms with van der Waals surface area (Å²) in [5.41, 5.74) is 4.52. The van der Waals surface area contributed by atoms with Crippen molar-refractivity contribution in [3.05, 3.63) is 58.2 Å². The van der Waals surface area contributed by atoms with Gasteiger partial charge in [0.15, 0.2) is 0 Å². The average molecular weight is 446 g/mol. The number of fused-ring (bicyclic) bond motifs is 2. The van der Waals surface area contributed by atoms with E-state index in [0.29, 0.717) is 31.6 Å². The highest BCUT2D eigenvalue weighted by molar-refractivity contribution is 6.01. The maximum absolute atomic E-state index is 13.0. The molecule has 0 bridgehead atoms. The van der Waals surface area contributed by atoms with Gasteiger partial charge in [-0.15, -0.1) is 0 Å². The second-order valence-electron chi connectivity index (χ2n) is 7.97. The van der Waals surface area contributed by atoms with Crippen molar-refractivity contribution in [1.29, 1.82) is 0 Å². The molecule has 2 aliphatic carbocycles. The average Bonchev–Trinajstić information content (AvgIpc) is 2.77. The standard InChI is InChI=1S/C23H25F3N4O2/c1-15-9-10-16-5-2-7-18(21(16)27-15)29-31-13-4-14-32-30-19-8-3-6-17-11-12-20(23(24,25)26)28-22(17)19/h9-12H,2-8,13-14H2,1H3. The Morgan fingerprint density at radius 2 is 1.38 bits per heavy atom. The summed E-state index contributed by atoms with van der Waals surface area (Å²) in [4.78, 5) is 19.2. The van der Waals surface area contributed by atoms with Gasteiger partial charge < -0.3 is 9.68 Å². The van der Waals surface area contributed by atoms with Crippen molar-refractivity contribution >= 4 is 11.4 Å². The number of aromatic nitrogens is 2. The van der Waals surface area contributed by atoms with Gasteiger partial charge in [-0.05, 0) is 68.7 Å². The molecule has 0 fully saturated rings. The lowest BCUT2D eigenvalue weighted by atomic mass is 9.94. The van der Waals surface area contributed by atoms with Crippen molar-refractivity contribution in [1.82, 2.24) is 9.97 Å². The van der Waals surface area contributed by atoms with Gasteiger partial charge in [0.05, 0.1) is 11.4 Å². The van der Waals surface area contributed by atoms with Crippen molar-refractivity contribution in [2.24, 2.45) is 10.3 Å². The summed E-state index contributed by atoms with van der Waals surface area (Å²) in [6.45, 7) is 2.58. The van der Waals surface area contributed by atoms with Crippen LogP contribution in [0.3, 0.4) is 0 Å². The number of aryl methyl sites for hydroxylation is 3. The van der Waals surface area contributed by atoms with Crippen molar-refractivity contribution in [3.8, 4) is 0 Å². The number of hydrogen-bond acceptors (Lipinski definition) is 6. The maximum atomic E-state index is 13.0. The van der Waals surface area contributed by atoms with Crippen molar-refractivity contribution in [2.45, 2.75) is 58.0 Å². The molecule has 2 aromatic heterocycles. The van der Waals surface area contributed by atoms with Crippen LogP contribution in [-0.2, 0) is 28.7 Å². The van der Waals surface area contributed by atoms with Crippen LogP contribution in [0.15, 0.2) is 34.6 Å². The molecule has 0 atom stereocenters. The minimum absolute atomic E-state index is 0.274. The molecule has 0 saturated carbocycles. The SMILES string of the molecule is Cc1ccc2c(n1)C(=NOCCCON=C1CCCc3ccc(C(F)(F)F)nc31)CCC2. The summed E-state index contributed by atoms with van der Waals surface area (Å²) in [5.74, 6) is 0. The molecule has 2 aromatic rings. The first kappa shape index (κ1) is 22.2. The Balaban J connectivity index is 1.29. The normalized spacial score (nSPS) is 18.4. The molecule has 4 rings (SSSR count). The highest BCUT2D eigenvalue weighted by Gasteiger charge is 2.34. The first-order valence-corrected chi connectivity index (χ1v) is 10.8. The molecule has 0 unspecified atom stereocenters. The Labute approximate surface area is 184 Å². The fraction of sp³-hybridized carbons (Fsp3) is 0.478. The van der Waals surface area contributed by atoms with Gasteiger partial charge in [0.2, 0.25) is 0 Å². The Morgan fingerprint density at radius 1 is 0.812 bits per heavy atom. The maximum Gasteiger partial charge on any atom is 0.433 e. The van der Waals surface area contributed by atoms with E-state index in [-0.39, 0.29) is 12.3 Å². The molecule has 2 heterocycles. The summed E-state index contributed by atoms with van der Waals surface area (Å²) in [7, 11) is 0. The van der Waals surface area contributed by atoms with E-state index in [0.717, 1.165) is 54.4 Å². The van der Waals surface area contributed by atoms with Crippen molar-refractivity contribution in [3.63, 3.8) is 0 Å². The lowest BCUT2D eigenvalue weighted by Gasteiger charge is -2.18. The Hall–Kier alpha value is -2.97. The van der Waals surface area contributed by atoms with Crippen LogP contribution in [0.2, 0.25) is 0 Å². The van der Waals surface area contributed by atoms with Gasteiger partial charge in [-0.2, -0.15) is 13.2 Å². The van der Waals surface area contributed by atoms with Crippen LogP contribution < -0.4 is 0 Å². The van der Waals surface area contributed by atoms with Crippen LogP contribution >= 0.6 is 0 Å². The molecular weight excluding hydrogens is 421 g/mol. The molecule has 0 radical (unpaired) electrons. The monoisotopic (exact) mass is 446 g/mol. The lowest BCUT2D eigenvalue weighted by molar-refractivity contribution is -0.141. The number of pyridine rings is 2. The molecule has 2 aliphatic rings. The lowest BCUT2D eigenvalue weighted by Crippen LogP contribution is -2.18. The highest BCUT2D eigenvalue weighted by atomic mass is 19.4. The Kier molecular flexibility index (Phi) is 6.72. The first-order valence-electron chi connectivity index (χ1n) is 10.8. The minimum atomic E-state index is -4.48. The third-order valence-corrected chi connectivity index (χ3v) is 5.47. The number of alkyl halides is 3. The quantitative estimate of drug-likeness (QED) is 0.462. The zero-order valence-electron chi connectivity index (χ0n) is 17.9. The van der Waals surface area contributed by atoms with Gasteiger partial charge in [-0.3, -0.25) is 4.98 Å². The number of rotatable bonds is 6. The predicted octanol–water partition coefficient (Wildman–Crippen LogP) is 5.01. The topological polar surface area (TPSA) is 69.0 Å². The molecule has 6 nitrogen and oxygen atoms in total. The molecule has 0 aromatic carbocycles. The van der Waals surface area contributed by atoms with Crippen molar-refractivity contribution < 1.29 is 22.8 Å². The minimum Gasteiger partial charge on any atom is -0.395 e. The first-order chi connectivity index (χ1) is 15.4. The van der Waals surface area contributed by atoms with E-state index in [1.165, 1.54) is 11.6 Å². The smallest absolute Gasteiger partial charge is 0.395 e. The summed E-state index contributed by atoms with van der Waals surface area (Å²) < 4.78 is 39.0. The molecule has 0 amide bonds. The van der Waals surface area contributed by atoms with Crippen LogP contribution in [0.25, 0.3) is 0 Å². The van der Waals surface area contributed by atoms with Gasteiger partial charge in [0.25, 0.3) is 0 Å². The molecular formula is C23H25F3N4O2. The van der Waals surface area contributed by atoms with Gasteiger partial charge >= 0.3 is 6.18 Å². The number of hydrogen-bond donors (Lipinski definition) is 0. The molecule has 170 valence electrons. The van der Waals surface area contributed by atoms with E-state index in [2.05, 4.69) is 26.3 Å². The van der Waals surface area contributed by atoms with Gasteiger partial charge in [0.1, 0.15) is 30.3 Å². The summed E-state index contributed by atoms with van der Waals surface area (Å²) in [5, 5.41) is 8.32. The van der Waals surface area contributed by atoms with Gasteiger partial charge in [-0.1, -0.05) is 22.4 Å². The summed E-state index contributed by atoms with van der Waals surface area (Å²) >= 11 is 0. The molecule has 32 heavy (non-hydrogen) atoms. The fourth-order valence-electron chi connectivity index (χ4n) is 3.88. The molecule has 9 heteroatoms. The van der Waals surface area contributed by atoms with E-state index >= 15 is 0 Å². The van der Waals surface area contributed by atoms with Gasteiger partial charge in [0, 0.05) is 12.1 Å². The molecule has 0 aliphatic heterocycles. The third kappa shape index (κ3) is 5.26.